The Labute approximate surface area is 116 Å². The Morgan fingerprint density at radius 1 is 1.26 bits per heavy atom. The van der Waals surface area contributed by atoms with E-state index in [1.165, 1.54) is 12.8 Å². The van der Waals surface area contributed by atoms with E-state index in [9.17, 15) is 4.79 Å². The van der Waals surface area contributed by atoms with E-state index in [1.54, 1.807) is 0 Å². The molecule has 1 aromatic rings. The lowest BCUT2D eigenvalue weighted by molar-refractivity contribution is 0.0756. The van der Waals surface area contributed by atoms with Crippen molar-refractivity contribution >= 4 is 5.78 Å². The number of hydrogen-bond donors (Lipinski definition) is 0. The van der Waals surface area contributed by atoms with Crippen molar-refractivity contribution in [2.75, 3.05) is 13.1 Å². The summed E-state index contributed by atoms with van der Waals surface area (Å²) in [5.41, 5.74) is 0.527. The summed E-state index contributed by atoms with van der Waals surface area (Å²) in [5.74, 6) is 0.259. The van der Waals surface area contributed by atoms with E-state index in [0.29, 0.717) is 0 Å². The number of rotatable bonds is 7. The molecule has 0 bridgehead atoms. The number of ketones is 1. The molecule has 1 fully saturated rings. The molecule has 0 radical (unpaired) electrons. The SMILES string of the molecule is CCCN(CC(C)(C)C(=O)c1ccccc1)C1CC1. The van der Waals surface area contributed by atoms with Crippen LogP contribution in [0.1, 0.15) is 50.4 Å². The highest BCUT2D eigenvalue weighted by atomic mass is 16.1. The van der Waals surface area contributed by atoms with Gasteiger partial charge in [0.15, 0.2) is 5.78 Å². The molecule has 1 aliphatic rings. The van der Waals surface area contributed by atoms with Crippen LogP contribution >= 0.6 is 0 Å². The largest absolute Gasteiger partial charge is 0.299 e. The average molecular weight is 259 g/mol. The van der Waals surface area contributed by atoms with Crippen molar-refractivity contribution in [3.63, 3.8) is 0 Å². The molecular weight excluding hydrogens is 234 g/mol. The van der Waals surface area contributed by atoms with Crippen LogP contribution in [0.25, 0.3) is 0 Å². The number of Topliss-reactive ketones (excluding diaryl/α,β-unsaturated/α-hetero) is 1. The normalized spacial score (nSPS) is 15.8. The predicted octanol–water partition coefficient (Wildman–Crippen LogP) is 3.77. The Kier molecular flexibility index (Phi) is 4.41. The summed E-state index contributed by atoms with van der Waals surface area (Å²) in [6.07, 6.45) is 3.76. The van der Waals surface area contributed by atoms with Gasteiger partial charge in [-0.2, -0.15) is 0 Å². The Morgan fingerprint density at radius 3 is 2.42 bits per heavy atom. The second-order valence-electron chi connectivity index (χ2n) is 6.28. The first-order valence-electron chi connectivity index (χ1n) is 7.38. The fourth-order valence-corrected chi connectivity index (χ4v) is 2.68. The first-order chi connectivity index (χ1) is 9.04. The highest BCUT2D eigenvalue weighted by molar-refractivity contribution is 6.00. The number of nitrogens with zero attached hydrogens (tertiary/aromatic N) is 1. The Hall–Kier alpha value is -1.15. The van der Waals surface area contributed by atoms with E-state index in [0.717, 1.165) is 31.1 Å². The van der Waals surface area contributed by atoms with Gasteiger partial charge < -0.3 is 0 Å². The first-order valence-corrected chi connectivity index (χ1v) is 7.38. The number of hydrogen-bond acceptors (Lipinski definition) is 2. The molecule has 0 heterocycles. The lowest BCUT2D eigenvalue weighted by atomic mass is 9.83. The van der Waals surface area contributed by atoms with Crippen molar-refractivity contribution in [1.29, 1.82) is 0 Å². The minimum Gasteiger partial charge on any atom is -0.299 e. The molecule has 0 spiro atoms. The van der Waals surface area contributed by atoms with Crippen LogP contribution in [0, 0.1) is 5.41 Å². The third-order valence-corrected chi connectivity index (χ3v) is 3.82. The van der Waals surface area contributed by atoms with Crippen LogP contribution < -0.4 is 0 Å². The maximum Gasteiger partial charge on any atom is 0.169 e. The lowest BCUT2D eigenvalue weighted by Crippen LogP contribution is -2.40. The summed E-state index contributed by atoms with van der Waals surface area (Å²) in [6.45, 7) is 8.34. The second kappa shape index (κ2) is 5.87. The van der Waals surface area contributed by atoms with Crippen LogP contribution in [-0.4, -0.2) is 29.8 Å². The molecular formula is C17H25NO. The van der Waals surface area contributed by atoms with Gasteiger partial charge >= 0.3 is 0 Å². The summed E-state index contributed by atoms with van der Waals surface area (Å²) in [7, 11) is 0. The Balaban J connectivity index is 2.06. The zero-order valence-corrected chi connectivity index (χ0v) is 12.4. The van der Waals surface area contributed by atoms with Gasteiger partial charge in [-0.1, -0.05) is 51.1 Å². The third kappa shape index (κ3) is 3.66. The zero-order valence-electron chi connectivity index (χ0n) is 12.4. The number of carbonyl (C=O) groups is 1. The molecule has 0 atom stereocenters. The summed E-state index contributed by atoms with van der Waals surface area (Å²) in [6, 6.07) is 10.4. The number of carbonyl (C=O) groups excluding carboxylic acids is 1. The average Bonchev–Trinajstić information content (AvgIpc) is 3.22. The molecule has 2 nitrogen and oxygen atoms in total. The molecule has 1 aromatic carbocycles. The van der Waals surface area contributed by atoms with Gasteiger partial charge in [0, 0.05) is 23.6 Å². The maximum absolute atomic E-state index is 12.6. The molecule has 2 rings (SSSR count). The summed E-state index contributed by atoms with van der Waals surface area (Å²) in [4.78, 5) is 15.1. The topological polar surface area (TPSA) is 20.3 Å². The molecule has 0 amide bonds. The molecule has 104 valence electrons. The van der Waals surface area contributed by atoms with Crippen molar-refractivity contribution < 1.29 is 4.79 Å². The zero-order chi connectivity index (χ0) is 13.9. The summed E-state index contributed by atoms with van der Waals surface area (Å²) in [5, 5.41) is 0. The van der Waals surface area contributed by atoms with Gasteiger partial charge in [-0.3, -0.25) is 9.69 Å². The van der Waals surface area contributed by atoms with Crippen molar-refractivity contribution in [3.8, 4) is 0 Å². The molecule has 0 saturated heterocycles. The van der Waals surface area contributed by atoms with E-state index in [2.05, 4.69) is 25.7 Å². The summed E-state index contributed by atoms with van der Waals surface area (Å²) < 4.78 is 0. The van der Waals surface area contributed by atoms with Gasteiger partial charge in [0.25, 0.3) is 0 Å². The Morgan fingerprint density at radius 2 is 1.89 bits per heavy atom. The second-order valence-corrected chi connectivity index (χ2v) is 6.28. The fourth-order valence-electron chi connectivity index (χ4n) is 2.68. The molecule has 2 heteroatoms. The van der Waals surface area contributed by atoms with Crippen LogP contribution in [0.4, 0.5) is 0 Å². The number of benzene rings is 1. The van der Waals surface area contributed by atoms with Crippen LogP contribution in [0.15, 0.2) is 30.3 Å². The first kappa shape index (κ1) is 14.3. The van der Waals surface area contributed by atoms with E-state index in [1.807, 2.05) is 30.3 Å². The quantitative estimate of drug-likeness (QED) is 0.695. The van der Waals surface area contributed by atoms with Crippen molar-refractivity contribution in [2.45, 2.75) is 46.1 Å². The van der Waals surface area contributed by atoms with E-state index in [-0.39, 0.29) is 11.2 Å². The minimum absolute atomic E-state index is 0.259. The minimum atomic E-state index is -0.306. The van der Waals surface area contributed by atoms with E-state index < -0.39 is 0 Å². The monoisotopic (exact) mass is 259 g/mol. The van der Waals surface area contributed by atoms with Crippen molar-refractivity contribution in [1.82, 2.24) is 4.90 Å². The highest BCUT2D eigenvalue weighted by Gasteiger charge is 2.36. The van der Waals surface area contributed by atoms with Gasteiger partial charge in [-0.25, -0.2) is 0 Å². The summed E-state index contributed by atoms with van der Waals surface area (Å²) >= 11 is 0. The van der Waals surface area contributed by atoms with Crippen molar-refractivity contribution in [2.24, 2.45) is 5.41 Å². The van der Waals surface area contributed by atoms with Gasteiger partial charge in [0.05, 0.1) is 0 Å². The van der Waals surface area contributed by atoms with Crippen LogP contribution in [-0.2, 0) is 0 Å². The molecule has 1 aliphatic carbocycles. The van der Waals surface area contributed by atoms with E-state index >= 15 is 0 Å². The Bertz CT molecular complexity index is 420. The standard InChI is InChI=1S/C17H25NO/c1-4-12-18(15-10-11-15)13-17(2,3)16(19)14-8-6-5-7-9-14/h5-9,15H,4,10-13H2,1-3H3. The molecule has 19 heavy (non-hydrogen) atoms. The van der Waals surface area contributed by atoms with E-state index in [4.69, 9.17) is 0 Å². The molecule has 0 N–H and O–H groups in total. The molecule has 0 aliphatic heterocycles. The van der Waals surface area contributed by atoms with Crippen LogP contribution in [0.3, 0.4) is 0 Å². The maximum atomic E-state index is 12.6. The van der Waals surface area contributed by atoms with Gasteiger partial charge in [-0.05, 0) is 25.8 Å². The predicted molar refractivity (Wildman–Crippen MR) is 79.4 cm³/mol. The van der Waals surface area contributed by atoms with Gasteiger partial charge in [0.2, 0.25) is 0 Å². The fraction of sp³-hybridized carbons (Fsp3) is 0.588. The lowest BCUT2D eigenvalue weighted by Gasteiger charge is -2.31. The van der Waals surface area contributed by atoms with Gasteiger partial charge in [-0.15, -0.1) is 0 Å². The van der Waals surface area contributed by atoms with Crippen LogP contribution in [0.2, 0.25) is 0 Å². The van der Waals surface area contributed by atoms with Crippen molar-refractivity contribution in [3.05, 3.63) is 35.9 Å². The molecule has 1 saturated carbocycles. The third-order valence-electron chi connectivity index (χ3n) is 3.82. The molecule has 0 unspecified atom stereocenters. The van der Waals surface area contributed by atoms with Gasteiger partial charge in [0.1, 0.15) is 0 Å². The smallest absolute Gasteiger partial charge is 0.169 e. The highest BCUT2D eigenvalue weighted by Crippen LogP contribution is 2.31. The molecule has 0 aromatic heterocycles. The van der Waals surface area contributed by atoms with Crippen LogP contribution in [0.5, 0.6) is 0 Å².